The zero-order valence-corrected chi connectivity index (χ0v) is 14.0. The van der Waals surface area contributed by atoms with Gasteiger partial charge in [-0.05, 0) is 45.8 Å². The summed E-state index contributed by atoms with van der Waals surface area (Å²) >= 11 is 3.42. The van der Waals surface area contributed by atoms with Gasteiger partial charge >= 0.3 is 5.91 Å². The molecule has 0 spiro atoms. The number of furan rings is 1. The van der Waals surface area contributed by atoms with Crippen molar-refractivity contribution < 1.29 is 18.7 Å². The van der Waals surface area contributed by atoms with Crippen molar-refractivity contribution in [2.75, 3.05) is 13.7 Å². The highest BCUT2D eigenvalue weighted by molar-refractivity contribution is 9.10. The van der Waals surface area contributed by atoms with E-state index < -0.39 is 5.91 Å². The second kappa shape index (κ2) is 8.19. The normalized spacial score (nSPS) is 10.5. The summed E-state index contributed by atoms with van der Waals surface area (Å²) in [6.07, 6.45) is 4.55. The fourth-order valence-electron chi connectivity index (χ4n) is 1.72. The molecule has 23 heavy (non-hydrogen) atoms. The van der Waals surface area contributed by atoms with Gasteiger partial charge < -0.3 is 13.9 Å². The van der Waals surface area contributed by atoms with Gasteiger partial charge in [-0.15, -0.1) is 0 Å². The van der Waals surface area contributed by atoms with Gasteiger partial charge in [-0.3, -0.25) is 4.79 Å². The van der Waals surface area contributed by atoms with E-state index in [1.54, 1.807) is 37.5 Å². The molecule has 1 N–H and O–H groups in total. The highest BCUT2D eigenvalue weighted by atomic mass is 79.9. The lowest BCUT2D eigenvalue weighted by Gasteiger charge is -2.12. The summed E-state index contributed by atoms with van der Waals surface area (Å²) in [5, 5.41) is 3.89. The summed E-state index contributed by atoms with van der Waals surface area (Å²) in [6, 6.07) is 6.72. The first-order valence-electron chi connectivity index (χ1n) is 6.64. The standard InChI is InChI=1S/C16H15BrN2O4/c1-3-6-23-15-12(17)8-11(9-14(15)21-2)10-18-19-16(20)13-5-4-7-22-13/h3-5,7-10H,1,6H2,2H3,(H,19,20)/b18-10-. The molecule has 2 aromatic rings. The third kappa shape index (κ3) is 4.46. The van der Waals surface area contributed by atoms with Crippen LogP contribution in [0.15, 0.2) is 57.2 Å². The largest absolute Gasteiger partial charge is 0.493 e. The number of hydrazone groups is 1. The molecule has 0 bridgehead atoms. The fourth-order valence-corrected chi connectivity index (χ4v) is 2.30. The molecule has 0 aliphatic rings. The van der Waals surface area contributed by atoms with Crippen LogP contribution in [-0.4, -0.2) is 25.8 Å². The van der Waals surface area contributed by atoms with Gasteiger partial charge in [0, 0.05) is 0 Å². The van der Waals surface area contributed by atoms with E-state index in [2.05, 4.69) is 33.0 Å². The summed E-state index contributed by atoms with van der Waals surface area (Å²) in [7, 11) is 1.54. The highest BCUT2D eigenvalue weighted by Gasteiger charge is 2.11. The second-order valence-electron chi connectivity index (χ2n) is 4.31. The minimum atomic E-state index is -0.428. The first kappa shape index (κ1) is 16.8. The van der Waals surface area contributed by atoms with Gasteiger partial charge in [0.25, 0.3) is 0 Å². The molecule has 0 aliphatic heterocycles. The van der Waals surface area contributed by atoms with Gasteiger partial charge in [0.15, 0.2) is 17.3 Å². The molecule has 6 nitrogen and oxygen atoms in total. The van der Waals surface area contributed by atoms with Crippen LogP contribution >= 0.6 is 15.9 Å². The number of nitrogens with one attached hydrogen (secondary N) is 1. The molecule has 1 aromatic heterocycles. The van der Waals surface area contributed by atoms with Gasteiger partial charge in [-0.25, -0.2) is 5.43 Å². The molecular weight excluding hydrogens is 364 g/mol. The molecule has 1 heterocycles. The summed E-state index contributed by atoms with van der Waals surface area (Å²) in [6.45, 7) is 3.97. The molecule has 0 radical (unpaired) electrons. The fraction of sp³-hybridized carbons (Fsp3) is 0.125. The Morgan fingerprint density at radius 1 is 1.52 bits per heavy atom. The summed E-state index contributed by atoms with van der Waals surface area (Å²) < 4.78 is 16.5. The van der Waals surface area contributed by atoms with Crippen LogP contribution in [0.25, 0.3) is 0 Å². The Morgan fingerprint density at radius 2 is 2.35 bits per heavy atom. The van der Waals surface area contributed by atoms with Gasteiger partial charge in [0.2, 0.25) is 0 Å². The molecule has 1 amide bonds. The molecule has 0 saturated carbocycles. The van der Waals surface area contributed by atoms with E-state index in [4.69, 9.17) is 13.9 Å². The minimum Gasteiger partial charge on any atom is -0.493 e. The zero-order chi connectivity index (χ0) is 16.7. The second-order valence-corrected chi connectivity index (χ2v) is 5.16. The monoisotopic (exact) mass is 378 g/mol. The molecule has 7 heteroatoms. The summed E-state index contributed by atoms with van der Waals surface area (Å²) in [5.74, 6) is 0.876. The zero-order valence-electron chi connectivity index (χ0n) is 12.4. The number of benzene rings is 1. The lowest BCUT2D eigenvalue weighted by Crippen LogP contribution is -2.16. The van der Waals surface area contributed by atoms with Gasteiger partial charge in [0.1, 0.15) is 6.61 Å². The van der Waals surface area contributed by atoms with E-state index in [1.807, 2.05) is 0 Å². The first-order chi connectivity index (χ1) is 11.2. The number of carbonyl (C=O) groups is 1. The van der Waals surface area contributed by atoms with E-state index in [1.165, 1.54) is 12.5 Å². The van der Waals surface area contributed by atoms with Crippen molar-refractivity contribution in [3.63, 3.8) is 0 Å². The van der Waals surface area contributed by atoms with E-state index in [0.717, 1.165) is 5.56 Å². The van der Waals surface area contributed by atoms with Crippen molar-refractivity contribution in [3.8, 4) is 11.5 Å². The van der Waals surface area contributed by atoms with Crippen LogP contribution in [0.4, 0.5) is 0 Å². The van der Waals surface area contributed by atoms with Crippen LogP contribution in [0, 0.1) is 0 Å². The maximum Gasteiger partial charge on any atom is 0.307 e. The summed E-state index contributed by atoms with van der Waals surface area (Å²) in [5.41, 5.74) is 3.10. The lowest BCUT2D eigenvalue weighted by molar-refractivity contribution is 0.0927. The Balaban J connectivity index is 2.10. The van der Waals surface area contributed by atoms with Crippen molar-refractivity contribution in [1.29, 1.82) is 0 Å². The van der Waals surface area contributed by atoms with E-state index in [9.17, 15) is 4.79 Å². The van der Waals surface area contributed by atoms with Crippen molar-refractivity contribution in [1.82, 2.24) is 5.43 Å². The first-order valence-corrected chi connectivity index (χ1v) is 7.43. The van der Waals surface area contributed by atoms with Crippen molar-refractivity contribution in [2.45, 2.75) is 0 Å². The Morgan fingerprint density at radius 3 is 3.00 bits per heavy atom. The van der Waals surface area contributed by atoms with Crippen LogP contribution in [0.3, 0.4) is 0 Å². The molecule has 1 aromatic carbocycles. The maximum absolute atomic E-state index is 11.7. The van der Waals surface area contributed by atoms with Gasteiger partial charge in [-0.1, -0.05) is 12.7 Å². The Bertz CT molecular complexity index is 711. The predicted molar refractivity (Wildman–Crippen MR) is 90.2 cm³/mol. The molecule has 0 saturated heterocycles. The molecular formula is C16H15BrN2O4. The molecule has 0 unspecified atom stereocenters. The average molecular weight is 379 g/mol. The SMILES string of the molecule is C=CCOc1c(Br)cc(/C=N\NC(=O)c2ccco2)cc1OC. The Kier molecular flexibility index (Phi) is 5.99. The van der Waals surface area contributed by atoms with E-state index in [-0.39, 0.29) is 5.76 Å². The molecule has 120 valence electrons. The van der Waals surface area contributed by atoms with Gasteiger partial charge in [0.05, 0.1) is 24.1 Å². The van der Waals surface area contributed by atoms with Crippen molar-refractivity contribution in [2.24, 2.45) is 5.10 Å². The quantitative estimate of drug-likeness (QED) is 0.455. The summed E-state index contributed by atoms with van der Waals surface area (Å²) in [4.78, 5) is 11.7. The van der Waals surface area contributed by atoms with Crippen molar-refractivity contribution >= 4 is 28.1 Å². The minimum absolute atomic E-state index is 0.189. The number of methoxy groups -OCH3 is 1. The maximum atomic E-state index is 11.7. The predicted octanol–water partition coefficient (Wildman–Crippen LogP) is 3.38. The van der Waals surface area contributed by atoms with Crippen molar-refractivity contribution in [3.05, 3.63) is 59.0 Å². The molecule has 2 rings (SSSR count). The topological polar surface area (TPSA) is 73.1 Å². The van der Waals surface area contributed by atoms with Crippen LogP contribution < -0.4 is 14.9 Å². The third-order valence-corrected chi connectivity index (χ3v) is 3.31. The average Bonchev–Trinajstić information content (AvgIpc) is 3.08. The number of hydrogen-bond acceptors (Lipinski definition) is 5. The Labute approximate surface area is 141 Å². The van der Waals surface area contributed by atoms with Crippen LogP contribution in [0.2, 0.25) is 0 Å². The smallest absolute Gasteiger partial charge is 0.307 e. The number of rotatable bonds is 7. The van der Waals surface area contributed by atoms with Gasteiger partial charge in [-0.2, -0.15) is 5.10 Å². The highest BCUT2D eigenvalue weighted by Crippen LogP contribution is 2.36. The molecule has 0 atom stereocenters. The van der Waals surface area contributed by atoms with Crippen LogP contribution in [0.1, 0.15) is 16.1 Å². The number of carbonyl (C=O) groups excluding carboxylic acids is 1. The number of amides is 1. The van der Waals surface area contributed by atoms with Crippen LogP contribution in [0.5, 0.6) is 11.5 Å². The van der Waals surface area contributed by atoms with Crippen LogP contribution in [-0.2, 0) is 0 Å². The molecule has 0 fully saturated rings. The van der Waals surface area contributed by atoms with E-state index >= 15 is 0 Å². The number of ether oxygens (including phenoxy) is 2. The number of nitrogens with zero attached hydrogens (tertiary/aromatic N) is 1. The number of halogens is 1. The third-order valence-electron chi connectivity index (χ3n) is 2.72. The number of hydrogen-bond donors (Lipinski definition) is 1. The van der Waals surface area contributed by atoms with E-state index in [0.29, 0.717) is 22.6 Å². The molecule has 0 aliphatic carbocycles. The lowest BCUT2D eigenvalue weighted by atomic mass is 10.2. The Hall–Kier alpha value is -2.54.